The fourth-order valence-corrected chi connectivity index (χ4v) is 33.8. The van der Waals surface area contributed by atoms with Crippen LogP contribution >= 0.6 is 170 Å². The second-order valence-electron chi connectivity index (χ2n) is 24.9. The van der Waals surface area contributed by atoms with Crippen LogP contribution in [0.5, 0.6) is 0 Å². The zero-order chi connectivity index (χ0) is 78.8. The Morgan fingerprint density at radius 1 is 0.418 bits per heavy atom. The molecule has 0 spiro atoms. The molecular formula is C80H67Cl5N7O8S10. The highest BCUT2D eigenvalue weighted by Crippen LogP contribution is 2.83. The lowest BCUT2D eigenvalue weighted by molar-refractivity contribution is -0.129. The molecule has 110 heavy (non-hydrogen) atoms. The third-order valence-electron chi connectivity index (χ3n) is 16.5. The smallest absolute Gasteiger partial charge is 0.360 e. The van der Waals surface area contributed by atoms with Gasteiger partial charge in [0.25, 0.3) is 11.8 Å². The number of allylic oxidation sites excluding steroid dienone is 10. The fourth-order valence-electron chi connectivity index (χ4n) is 11.5. The zero-order valence-corrected chi connectivity index (χ0v) is 71.7. The normalized spacial score (nSPS) is 16.6. The van der Waals surface area contributed by atoms with E-state index in [2.05, 4.69) is 35.7 Å². The summed E-state index contributed by atoms with van der Waals surface area (Å²) in [5, 5.41) is 63.1. The number of rotatable bonds is 31. The molecule has 0 unspecified atom stereocenters. The molecule has 30 heteroatoms. The number of nitrogens with zero attached hydrogens (tertiary/aromatic N) is 5. The van der Waals surface area contributed by atoms with Crippen molar-refractivity contribution in [3.05, 3.63) is 248 Å². The molecule has 2 amide bonds. The molecule has 0 saturated heterocycles. The van der Waals surface area contributed by atoms with E-state index in [0.29, 0.717) is 130 Å². The van der Waals surface area contributed by atoms with E-state index >= 15 is 19.2 Å². The predicted molar refractivity (Wildman–Crippen MR) is 465 cm³/mol. The Kier molecular flexibility index (Phi) is 29.4. The first kappa shape index (κ1) is 84.2. The maximum absolute atomic E-state index is 17.3. The van der Waals surface area contributed by atoms with Gasteiger partial charge < -0.3 is 23.6 Å². The van der Waals surface area contributed by atoms with Crippen molar-refractivity contribution in [3.8, 4) is 30.3 Å². The van der Waals surface area contributed by atoms with E-state index < -0.39 is 83.1 Å². The van der Waals surface area contributed by atoms with Gasteiger partial charge in [-0.05, 0) is 156 Å². The fraction of sp³-hybridized carbons (Fsp3) is 0.250. The van der Waals surface area contributed by atoms with E-state index in [4.69, 9.17) is 76.3 Å². The minimum atomic E-state index is -2.30. The number of hydrogen-bond acceptors (Lipinski definition) is 18. The van der Waals surface area contributed by atoms with E-state index in [1.54, 1.807) is 121 Å². The topological polar surface area (TPSA) is 270 Å². The van der Waals surface area contributed by atoms with Gasteiger partial charge in [0, 0.05) is 64.8 Å². The van der Waals surface area contributed by atoms with Gasteiger partial charge in [-0.15, -0.1) is 58.8 Å². The lowest BCUT2D eigenvalue weighted by Crippen LogP contribution is -2.27. The van der Waals surface area contributed by atoms with Gasteiger partial charge in [0.2, 0.25) is 0 Å². The Labute approximate surface area is 700 Å². The highest BCUT2D eigenvalue weighted by Gasteiger charge is 2.54. The molecule has 0 atom stereocenters. The van der Waals surface area contributed by atoms with Crippen LogP contribution in [0.25, 0.3) is 27.9 Å². The van der Waals surface area contributed by atoms with E-state index in [0.717, 1.165) is 11.8 Å². The predicted octanol–water partition coefficient (Wildman–Crippen LogP) is 23.8. The highest BCUT2D eigenvalue weighted by atomic mass is 35.5. The molecule has 1 saturated carbocycles. The van der Waals surface area contributed by atoms with Crippen LogP contribution in [0, 0.1) is 62.6 Å². The summed E-state index contributed by atoms with van der Waals surface area (Å²) in [6.45, 7) is 11.8. The van der Waals surface area contributed by atoms with Crippen LogP contribution in [0.3, 0.4) is 0 Å². The van der Waals surface area contributed by atoms with Crippen molar-refractivity contribution in [2.24, 2.45) is 11.7 Å². The Bertz CT molecular complexity index is 5170. The maximum atomic E-state index is 17.3. The average Bonchev–Trinajstić information content (AvgIpc) is 1.55. The van der Waals surface area contributed by atoms with Crippen molar-refractivity contribution in [1.29, 1.82) is 26.3 Å². The molecule has 3 N–H and O–H groups in total. The number of hydrogen-bond donors (Lipinski definition) is 2. The molecule has 6 aliphatic rings. The number of benzene rings is 5. The van der Waals surface area contributed by atoms with Crippen LogP contribution in [-0.2, 0) is 36.5 Å². The average molecular weight is 1750 g/mol. The summed E-state index contributed by atoms with van der Waals surface area (Å²) in [5.41, 5.74) is 8.96. The summed E-state index contributed by atoms with van der Waals surface area (Å²) in [4.78, 5) is 79.9. The van der Waals surface area contributed by atoms with Crippen molar-refractivity contribution in [2.75, 3.05) is 28.8 Å². The van der Waals surface area contributed by atoms with Crippen LogP contribution < -0.4 is 11.1 Å². The quantitative estimate of drug-likeness (QED) is 0.0308. The third-order valence-corrected chi connectivity index (χ3v) is 38.8. The Morgan fingerprint density at radius 2 is 0.700 bits per heavy atom. The monoisotopic (exact) mass is 1750 g/mol. The molecule has 1 fully saturated rings. The van der Waals surface area contributed by atoms with Crippen LogP contribution in [0.4, 0.5) is 0 Å². The van der Waals surface area contributed by atoms with Gasteiger partial charge in [0.1, 0.15) is 50.0 Å². The number of carbonyl (C=O) groups is 5. The Hall–Kier alpha value is -6.75. The Morgan fingerprint density at radius 3 is 1.02 bits per heavy atom. The second kappa shape index (κ2) is 38.4. The Balaban J connectivity index is 1.16. The molecule has 5 aromatic rings. The lowest BCUT2D eigenvalue weighted by Gasteiger charge is -2.32. The van der Waals surface area contributed by atoms with Gasteiger partial charge >= 0.3 is 17.9 Å². The number of primary amides is 1. The van der Waals surface area contributed by atoms with Crippen molar-refractivity contribution < 1.29 is 36.5 Å². The third kappa shape index (κ3) is 17.9. The standard InChI is InChI=1S/C80H67Cl5N7O8S10/c1-7-11-37-104-78-58(40-88)64(48-18-28-53(84)29-19-48)69(74(96)99-107-68(63(47-16-26-52(83)27-17-47)57(39-87)77(107)102-35-9-3)73(95)98-106-66(71(91)93)61(45-12-22-50(81)23-13-45)56(38-86)76(106)101-34-8-2)108(78)100-75(97)70-65(49-20-30-54(85)31-21-49)60(42-90)80(105-43-44(5)6)110(70)109-67(72(94)92-55-32-33-55)62(46-14-24-51(82)25-15-46)59(41-89)79(109)103-36-10-4/h12-31,44,55H,7-11,32-37,43H2,1-6H3,(H2,91,93)(H,92,94). The summed E-state index contributed by atoms with van der Waals surface area (Å²) in [7, 11) is -3.31. The second-order valence-corrected chi connectivity index (χ2v) is 43.1. The molecule has 5 heterocycles. The molecule has 15 nitrogen and oxygen atoms in total. The van der Waals surface area contributed by atoms with Gasteiger partial charge in [-0.25, -0.2) is 14.4 Å². The number of amides is 2. The zero-order valence-electron chi connectivity index (χ0n) is 59.7. The number of nitrogens with two attached hydrogens (primary N) is 1. The largest absolute Gasteiger partial charge is 0.390 e. The van der Waals surface area contributed by atoms with Gasteiger partial charge in [0.15, 0.2) is 0 Å². The van der Waals surface area contributed by atoms with Gasteiger partial charge in [0.05, 0.1) is 87.5 Å². The highest BCUT2D eigenvalue weighted by molar-refractivity contribution is 9.01. The molecule has 565 valence electrons. The van der Waals surface area contributed by atoms with Gasteiger partial charge in [-0.3, -0.25) is 9.59 Å². The lowest BCUT2D eigenvalue weighted by atomic mass is 9.99. The summed E-state index contributed by atoms with van der Waals surface area (Å²) >= 11 is 32.5. The SMILES string of the molecule is CCCCSC1=C(C#N)C(c2ccc(Cl)cc2)=C(C(=O)O[S]2C(SCCC)=C(C#N)C(c3ccc(Cl)cc3)=C2C(=O)O[S]2C(SCCC)=C(C#N)C(c3ccc(Cl)cc3)=C2C(N)=O)[S]1OC(=O)C1=C(c2ccc(Cl)cc2)C(C#N)=C(SCC(C)C)[S]1[S]1C(SCCC)=C(C#N)C(c2ccc(Cl)cc2)=C1C(=O)NC1CC1. The summed E-state index contributed by atoms with van der Waals surface area (Å²) in [5.74, 6) is -2.89. The van der Waals surface area contributed by atoms with E-state index in [-0.39, 0.29) is 110 Å². The number of thioether (sulfide) groups is 5. The number of nitrogens with one attached hydrogen (secondary N) is 1. The van der Waals surface area contributed by atoms with Crippen molar-refractivity contribution in [2.45, 2.75) is 92.5 Å². The van der Waals surface area contributed by atoms with Gasteiger partial charge in [-0.1, -0.05) is 186 Å². The molecule has 1 aliphatic carbocycles. The van der Waals surface area contributed by atoms with Gasteiger partial charge in [-0.2, -0.15) is 26.3 Å². The molecule has 11 rings (SSSR count). The molecule has 0 bridgehead atoms. The first-order valence-corrected chi connectivity index (χ1v) is 47.7. The maximum Gasteiger partial charge on any atom is 0.360 e. The first-order chi connectivity index (χ1) is 53.1. The van der Waals surface area contributed by atoms with Crippen LogP contribution in [0.15, 0.2) is 195 Å². The van der Waals surface area contributed by atoms with Crippen molar-refractivity contribution in [1.82, 2.24) is 5.32 Å². The summed E-state index contributed by atoms with van der Waals surface area (Å²) in [6.07, 6.45) is 4.43. The minimum absolute atomic E-state index is 0.00461. The molecule has 5 aromatic carbocycles. The molecular weight excluding hydrogens is 1680 g/mol. The number of carbonyl (C=O) groups excluding carboxylic acids is 5. The van der Waals surface area contributed by atoms with Crippen LogP contribution in [-0.4, -0.2) is 64.5 Å². The molecule has 0 aromatic heterocycles. The first-order valence-electron chi connectivity index (χ1n) is 34.5. The van der Waals surface area contributed by atoms with E-state index in [1.807, 2.05) is 41.5 Å². The summed E-state index contributed by atoms with van der Waals surface area (Å²) in [6, 6.07) is 44.3. The molecule has 5 aliphatic heterocycles. The molecule has 5 radical (unpaired) electrons. The van der Waals surface area contributed by atoms with E-state index in [1.165, 1.54) is 47.0 Å². The van der Waals surface area contributed by atoms with Crippen LogP contribution in [0.2, 0.25) is 25.1 Å². The number of nitriles is 5. The summed E-state index contributed by atoms with van der Waals surface area (Å²) < 4.78 is 22.5. The van der Waals surface area contributed by atoms with Crippen molar-refractivity contribution in [3.63, 3.8) is 0 Å². The number of unbranched alkanes of at least 4 members (excludes halogenated alkanes) is 1. The number of halogens is 5. The minimum Gasteiger partial charge on any atom is -0.390 e. The van der Waals surface area contributed by atoms with Crippen molar-refractivity contribution >= 4 is 228 Å². The van der Waals surface area contributed by atoms with Crippen LogP contribution in [0.1, 0.15) is 114 Å². The van der Waals surface area contributed by atoms with E-state index in [9.17, 15) is 31.1 Å².